The molecule has 2 aromatic carbocycles. The Balaban J connectivity index is 1.87. The van der Waals surface area contributed by atoms with Crippen LogP contribution in [0.5, 0.6) is 0 Å². The minimum atomic E-state index is -1.99. The van der Waals surface area contributed by atoms with Crippen molar-refractivity contribution in [2.45, 2.75) is 78.2 Å². The van der Waals surface area contributed by atoms with Crippen LogP contribution in [-0.2, 0) is 23.2 Å². The molecule has 0 N–H and O–H groups in total. The molecule has 0 fully saturated rings. The number of nitrogens with zero attached hydrogens (tertiary/aromatic N) is 2. The second-order valence-corrected chi connectivity index (χ2v) is 17.8. The van der Waals surface area contributed by atoms with E-state index in [1.807, 2.05) is 7.11 Å². The quantitative estimate of drug-likeness (QED) is 0.162. The number of hydrogen-bond acceptors (Lipinski definition) is 1. The van der Waals surface area contributed by atoms with E-state index in [-0.39, 0.29) is 11.5 Å². The number of rotatable bonds is 12. The number of aryl methyl sites for hydroxylation is 4. The summed E-state index contributed by atoms with van der Waals surface area (Å²) in [7, 11) is -0.0599. The summed E-state index contributed by atoms with van der Waals surface area (Å²) in [5, 5.41) is 1.52. The van der Waals surface area contributed by atoms with Crippen molar-refractivity contribution in [3.05, 3.63) is 113 Å². The van der Waals surface area contributed by atoms with Crippen molar-refractivity contribution in [1.29, 1.82) is 0 Å². The molecule has 0 aliphatic carbocycles. The Morgan fingerprint density at radius 1 is 0.675 bits per heavy atom. The monoisotopic (exact) mass is 558 g/mol. The Kier molecular flexibility index (Phi) is 9.48. The molecular formula is C36H51N2OP. The van der Waals surface area contributed by atoms with E-state index in [9.17, 15) is 0 Å². The summed E-state index contributed by atoms with van der Waals surface area (Å²) in [6, 6.07) is 31.4. The standard InChI is InChI=1S/C36H51N2OP/c1-27-20-21-28(2)37(27)25-34(39-7)33(24-36(5,6)31-16-12-10-13-17-31)35(26-38-29(3)22-23-30(38)4)40(8,9)32-18-14-11-15-19-32/h10-23,33-35,40H,24-26H2,1-9H3. The molecule has 0 saturated heterocycles. The van der Waals surface area contributed by atoms with Gasteiger partial charge in [-0.25, -0.2) is 0 Å². The average Bonchev–Trinajstić information content (AvgIpc) is 3.44. The summed E-state index contributed by atoms with van der Waals surface area (Å²) in [5.41, 5.74) is 7.14. The third-order valence-electron chi connectivity index (χ3n) is 9.62. The number of benzene rings is 2. The third-order valence-corrected chi connectivity index (χ3v) is 13.9. The van der Waals surface area contributed by atoms with Gasteiger partial charge in [-0.15, -0.1) is 0 Å². The van der Waals surface area contributed by atoms with Crippen LogP contribution in [0.1, 0.15) is 48.6 Å². The van der Waals surface area contributed by atoms with Crippen molar-refractivity contribution < 1.29 is 4.74 Å². The molecule has 3 atom stereocenters. The SMILES string of the molecule is COC(Cn1c(C)ccc1C)C(CC(C)(C)c1ccccc1)C(Cn1c(C)ccc1C)[PH](C)(C)c1ccccc1. The van der Waals surface area contributed by atoms with Crippen LogP contribution in [0.15, 0.2) is 84.9 Å². The van der Waals surface area contributed by atoms with Gasteiger partial charge in [-0.05, 0) is 0 Å². The topological polar surface area (TPSA) is 19.1 Å². The fraction of sp³-hybridized carbons (Fsp3) is 0.444. The van der Waals surface area contributed by atoms with Crippen molar-refractivity contribution in [1.82, 2.24) is 9.13 Å². The molecule has 0 bridgehead atoms. The van der Waals surface area contributed by atoms with Gasteiger partial charge in [0.05, 0.1) is 0 Å². The first-order valence-electron chi connectivity index (χ1n) is 14.8. The number of ether oxygens (including phenoxy) is 1. The van der Waals surface area contributed by atoms with Crippen molar-refractivity contribution in [3.63, 3.8) is 0 Å². The van der Waals surface area contributed by atoms with E-state index in [4.69, 9.17) is 4.74 Å². The summed E-state index contributed by atoms with van der Waals surface area (Å²) in [5.74, 6) is 0.351. The van der Waals surface area contributed by atoms with Crippen LogP contribution in [-0.4, -0.2) is 41.3 Å². The molecular weight excluding hydrogens is 507 g/mol. The molecule has 0 radical (unpaired) electrons. The molecule has 40 heavy (non-hydrogen) atoms. The molecule has 2 aromatic heterocycles. The molecule has 0 aliphatic rings. The summed E-state index contributed by atoms with van der Waals surface area (Å²) in [4.78, 5) is 0. The summed E-state index contributed by atoms with van der Waals surface area (Å²) >= 11 is 0. The van der Waals surface area contributed by atoms with Crippen LogP contribution in [0.3, 0.4) is 0 Å². The zero-order valence-corrected chi connectivity index (χ0v) is 27.2. The van der Waals surface area contributed by atoms with Gasteiger partial charge in [-0.2, -0.15) is 0 Å². The molecule has 3 nitrogen and oxygen atoms in total. The van der Waals surface area contributed by atoms with E-state index in [1.165, 1.54) is 33.6 Å². The van der Waals surface area contributed by atoms with Crippen LogP contribution in [0.4, 0.5) is 0 Å². The molecule has 3 unspecified atom stereocenters. The fourth-order valence-electron chi connectivity index (χ4n) is 6.85. The van der Waals surface area contributed by atoms with Gasteiger partial charge in [0.15, 0.2) is 0 Å². The van der Waals surface area contributed by atoms with Gasteiger partial charge in [-0.1, -0.05) is 0 Å². The van der Waals surface area contributed by atoms with Gasteiger partial charge in [0.25, 0.3) is 0 Å². The predicted octanol–water partition coefficient (Wildman–Crippen LogP) is 7.93. The van der Waals surface area contributed by atoms with E-state index < -0.39 is 7.26 Å². The molecule has 2 heterocycles. The van der Waals surface area contributed by atoms with Gasteiger partial charge in [0.1, 0.15) is 0 Å². The van der Waals surface area contributed by atoms with Crippen molar-refractivity contribution >= 4 is 12.6 Å². The molecule has 4 aromatic rings. The third kappa shape index (κ3) is 6.48. The van der Waals surface area contributed by atoms with E-state index >= 15 is 0 Å². The van der Waals surface area contributed by atoms with E-state index in [2.05, 4.69) is 149 Å². The van der Waals surface area contributed by atoms with Gasteiger partial charge < -0.3 is 0 Å². The molecule has 0 saturated carbocycles. The van der Waals surface area contributed by atoms with E-state index in [1.54, 1.807) is 0 Å². The second-order valence-electron chi connectivity index (χ2n) is 13.0. The van der Waals surface area contributed by atoms with Crippen molar-refractivity contribution in [2.24, 2.45) is 5.92 Å². The van der Waals surface area contributed by atoms with Crippen LogP contribution in [0.2, 0.25) is 0 Å². The Morgan fingerprint density at radius 2 is 1.12 bits per heavy atom. The molecule has 0 amide bonds. The molecule has 4 rings (SSSR count). The fourth-order valence-corrected chi connectivity index (χ4v) is 10.4. The Morgan fingerprint density at radius 3 is 1.60 bits per heavy atom. The summed E-state index contributed by atoms with van der Waals surface area (Å²) in [6.07, 6.45) is 1.15. The maximum absolute atomic E-state index is 6.56. The molecule has 4 heteroatoms. The number of aromatic nitrogens is 2. The Bertz CT molecular complexity index is 1330. The molecule has 0 spiro atoms. The van der Waals surface area contributed by atoms with Gasteiger partial charge in [-0.3, -0.25) is 0 Å². The van der Waals surface area contributed by atoms with Crippen molar-refractivity contribution in [2.75, 3.05) is 20.4 Å². The van der Waals surface area contributed by atoms with Crippen molar-refractivity contribution in [3.8, 4) is 0 Å². The van der Waals surface area contributed by atoms with Gasteiger partial charge >= 0.3 is 244 Å². The van der Waals surface area contributed by atoms with Crippen LogP contribution in [0, 0.1) is 33.6 Å². The van der Waals surface area contributed by atoms with Gasteiger partial charge in [0, 0.05) is 0 Å². The Labute approximate surface area is 243 Å². The second kappa shape index (κ2) is 12.5. The first-order valence-corrected chi connectivity index (χ1v) is 17.9. The predicted molar refractivity (Wildman–Crippen MR) is 176 cm³/mol. The van der Waals surface area contributed by atoms with Crippen LogP contribution in [0.25, 0.3) is 0 Å². The zero-order chi connectivity index (χ0) is 29.1. The molecule has 216 valence electrons. The van der Waals surface area contributed by atoms with Crippen LogP contribution < -0.4 is 5.30 Å². The summed E-state index contributed by atoms with van der Waals surface area (Å²) < 4.78 is 11.6. The molecule has 0 aliphatic heterocycles. The average molecular weight is 559 g/mol. The number of hydrogen-bond donors (Lipinski definition) is 0. The van der Waals surface area contributed by atoms with E-state index in [0.29, 0.717) is 11.6 Å². The maximum atomic E-state index is 6.56. The number of methoxy groups -OCH3 is 1. The van der Waals surface area contributed by atoms with Crippen LogP contribution >= 0.6 is 7.26 Å². The first kappa shape index (κ1) is 30.4. The normalized spacial score (nSPS) is 15.1. The first-order chi connectivity index (χ1) is 19.0. The zero-order valence-electron chi connectivity index (χ0n) is 26.2. The minimum absolute atomic E-state index is 0.00365. The van der Waals surface area contributed by atoms with E-state index in [0.717, 1.165) is 19.5 Å². The summed E-state index contributed by atoms with van der Waals surface area (Å²) in [6.45, 7) is 20.8. The Hall–Kier alpha value is -2.61. The van der Waals surface area contributed by atoms with Gasteiger partial charge in [0.2, 0.25) is 0 Å².